The molecular weight excluding hydrogens is 381 g/mol. The molecule has 0 bridgehead atoms. The van der Waals surface area contributed by atoms with Gasteiger partial charge in [0.2, 0.25) is 0 Å². The molecule has 0 saturated heterocycles. The van der Waals surface area contributed by atoms with Crippen molar-refractivity contribution in [3.8, 4) is 0 Å². The summed E-state index contributed by atoms with van der Waals surface area (Å²) in [5.74, 6) is 0. The minimum absolute atomic E-state index is 0. The van der Waals surface area contributed by atoms with Gasteiger partial charge in [0.25, 0.3) is 5.69 Å². The van der Waals surface area contributed by atoms with Crippen LogP contribution < -0.4 is 0 Å². The van der Waals surface area contributed by atoms with Crippen LogP contribution in [-0.4, -0.2) is 28.8 Å². The van der Waals surface area contributed by atoms with Crippen LogP contribution in [0.1, 0.15) is 80.1 Å². The molecule has 3 nitrogen and oxygen atoms in total. The predicted octanol–water partition coefficient (Wildman–Crippen LogP) is 6.63. The van der Waals surface area contributed by atoms with Gasteiger partial charge < -0.3 is 0 Å². The fraction of sp³-hybridized carbons (Fsp3) is 0.667. The molecule has 0 N–H and O–H groups in total. The van der Waals surface area contributed by atoms with Gasteiger partial charge in [-0.05, 0) is 0 Å². The first-order valence-corrected chi connectivity index (χ1v) is 8.24. The van der Waals surface area contributed by atoms with Gasteiger partial charge >= 0.3 is 0 Å². The fourth-order valence-electron chi connectivity index (χ4n) is 0.550. The van der Waals surface area contributed by atoms with Gasteiger partial charge in [0.15, 0.2) is 0 Å². The molecule has 0 amide bonds. The molecule has 1 aromatic carbocycles. The van der Waals surface area contributed by atoms with Crippen molar-refractivity contribution >= 4 is 29.6 Å². The summed E-state index contributed by atoms with van der Waals surface area (Å²) in [5.41, 5.74) is 0.137. The van der Waals surface area contributed by atoms with E-state index in [0.717, 1.165) is 0 Å². The second kappa shape index (κ2) is 28.6. The van der Waals surface area contributed by atoms with Gasteiger partial charge in [-0.25, -0.2) is 0 Å². The Kier molecular flexibility index (Phi) is 38.2. The van der Waals surface area contributed by atoms with Gasteiger partial charge in [0.05, 0.1) is 4.92 Å². The molecule has 1 aromatic rings. The van der Waals surface area contributed by atoms with Crippen molar-refractivity contribution in [1.82, 2.24) is 0 Å². The summed E-state index contributed by atoms with van der Waals surface area (Å²) in [5, 5.41) is 10.0. The van der Waals surface area contributed by atoms with E-state index in [4.69, 9.17) is 0 Å². The predicted molar refractivity (Wildman–Crippen MR) is 101 cm³/mol. The van der Waals surface area contributed by atoms with Gasteiger partial charge in [0, 0.05) is 36.0 Å². The summed E-state index contributed by atoms with van der Waals surface area (Å²) in [6.07, 6.45) is 7.92. The Morgan fingerprint density at radius 2 is 1.00 bits per heavy atom. The fourth-order valence-corrected chi connectivity index (χ4v) is 0.550. The zero-order chi connectivity index (χ0) is 16.9. The first kappa shape index (κ1) is 29.4. The van der Waals surface area contributed by atoms with E-state index >= 15 is 0 Å². The molecule has 1 rings (SSSR count). The normalized spacial score (nSPS) is 7.73. The molecule has 4 heteroatoms. The van der Waals surface area contributed by atoms with E-state index in [-0.39, 0.29) is 29.6 Å². The number of nitro benzene ring substituents is 1. The van der Waals surface area contributed by atoms with E-state index < -0.39 is 4.92 Å². The number of benzene rings is 1. The topological polar surface area (TPSA) is 43.1 Å². The number of nitrogens with zero attached hydrogens (tertiary/aromatic N) is 1. The quantitative estimate of drug-likeness (QED) is 0.314. The molecule has 4 radical (unpaired) electrons. The molecule has 0 heterocycles. The zero-order valence-corrected chi connectivity index (χ0v) is 18.2. The summed E-state index contributed by atoms with van der Waals surface area (Å²) in [6.45, 7) is 13.1. The Morgan fingerprint density at radius 1 is 0.727 bits per heavy atom. The van der Waals surface area contributed by atoms with Crippen LogP contribution >= 0.6 is 0 Å². The smallest absolute Gasteiger partial charge is 0.258 e. The number of hydrogen-bond donors (Lipinski definition) is 0. The molecule has 0 aliphatic rings. The van der Waals surface area contributed by atoms with Gasteiger partial charge in [-0.1, -0.05) is 98.3 Å². The van der Waals surface area contributed by atoms with Crippen LogP contribution in [-0.2, 0) is 0 Å². The van der Waals surface area contributed by atoms with E-state index in [1.54, 1.807) is 18.2 Å². The van der Waals surface area contributed by atoms with Crippen molar-refractivity contribution in [2.24, 2.45) is 0 Å². The number of hydrogen-bond acceptors (Lipinski definition) is 2. The summed E-state index contributed by atoms with van der Waals surface area (Å²) >= 11 is 0. The van der Waals surface area contributed by atoms with Gasteiger partial charge in [-0.2, -0.15) is 0 Å². The molecule has 0 fully saturated rings. The third kappa shape index (κ3) is 31.7. The van der Waals surface area contributed by atoms with Crippen LogP contribution in [0, 0.1) is 10.1 Å². The molecule has 0 atom stereocenters. The third-order valence-electron chi connectivity index (χ3n) is 2.47. The Hall–Kier alpha value is -0.581. The zero-order valence-electron chi connectivity index (χ0n) is 15.4. The van der Waals surface area contributed by atoms with Gasteiger partial charge in [-0.15, -0.1) is 0 Å². The van der Waals surface area contributed by atoms with Crippen LogP contribution in [0.4, 0.5) is 5.69 Å². The summed E-state index contributed by atoms with van der Waals surface area (Å²) < 4.78 is 0. The summed E-state index contributed by atoms with van der Waals surface area (Å²) in [4.78, 5) is 9.59. The monoisotopic (exact) mass is 417 g/mol. The largest absolute Gasteiger partial charge is 0.269 e. The first-order chi connectivity index (χ1) is 10.0. The van der Waals surface area contributed by atoms with Crippen molar-refractivity contribution in [3.63, 3.8) is 0 Å². The molecule has 0 aromatic heterocycles. The Labute approximate surface area is 155 Å². The first-order valence-electron chi connectivity index (χ1n) is 8.24. The minimum atomic E-state index is -0.417. The van der Waals surface area contributed by atoms with Crippen LogP contribution in [0.2, 0.25) is 0 Å². The van der Waals surface area contributed by atoms with Crippen molar-refractivity contribution in [2.45, 2.75) is 80.1 Å². The van der Waals surface area contributed by atoms with Crippen molar-refractivity contribution in [1.29, 1.82) is 0 Å². The Morgan fingerprint density at radius 3 is 1.14 bits per heavy atom. The SMILES string of the molecule is CCCC.CCCC.CCCC.O=[N+]([O-])c1ccccc1.[Sn]. The van der Waals surface area contributed by atoms with Crippen molar-refractivity contribution in [2.75, 3.05) is 0 Å². The standard InChI is InChI=1S/C6H5NO2.3C4H10.Sn/c8-7(9)6-4-2-1-3-5-6;3*1-3-4-2;/h1-5H;3*3-4H2,1-2H3;. The molecule has 22 heavy (non-hydrogen) atoms. The van der Waals surface area contributed by atoms with Crippen LogP contribution in [0.25, 0.3) is 0 Å². The second-order valence-electron chi connectivity index (χ2n) is 4.59. The van der Waals surface area contributed by atoms with E-state index in [1.807, 2.05) is 0 Å². The third-order valence-corrected chi connectivity index (χ3v) is 2.47. The van der Waals surface area contributed by atoms with E-state index in [0.29, 0.717) is 0 Å². The Bertz CT molecular complexity index is 277. The molecule has 0 aliphatic carbocycles. The van der Waals surface area contributed by atoms with Crippen LogP contribution in [0.15, 0.2) is 30.3 Å². The molecule has 0 unspecified atom stereocenters. The Balaban J connectivity index is -0.000000107. The second-order valence-corrected chi connectivity index (χ2v) is 4.59. The minimum Gasteiger partial charge on any atom is -0.258 e. The molecule has 128 valence electrons. The maximum atomic E-state index is 10.0. The molecule has 0 saturated carbocycles. The summed E-state index contributed by atoms with van der Waals surface area (Å²) in [6, 6.07) is 7.93. The number of unbranched alkanes of at least 4 members (excludes halogenated alkanes) is 3. The van der Waals surface area contributed by atoms with E-state index in [9.17, 15) is 10.1 Å². The number of rotatable bonds is 4. The average Bonchev–Trinajstić information content (AvgIpc) is 2.56. The summed E-state index contributed by atoms with van der Waals surface area (Å²) in [7, 11) is 0. The van der Waals surface area contributed by atoms with Crippen molar-refractivity contribution < 1.29 is 4.92 Å². The van der Waals surface area contributed by atoms with Crippen LogP contribution in [0.3, 0.4) is 0 Å². The number of non-ortho nitro benzene ring substituents is 1. The van der Waals surface area contributed by atoms with Crippen molar-refractivity contribution in [3.05, 3.63) is 40.4 Å². The molecular formula is C18H35NO2Sn. The number of nitro groups is 1. The maximum Gasteiger partial charge on any atom is 0.269 e. The average molecular weight is 416 g/mol. The number of para-hydroxylation sites is 1. The van der Waals surface area contributed by atoms with E-state index in [2.05, 4.69) is 41.5 Å². The van der Waals surface area contributed by atoms with E-state index in [1.165, 1.54) is 50.7 Å². The van der Waals surface area contributed by atoms with Crippen LogP contribution in [0.5, 0.6) is 0 Å². The molecule has 0 spiro atoms. The molecule has 0 aliphatic heterocycles. The van der Waals surface area contributed by atoms with Gasteiger partial charge in [0.1, 0.15) is 0 Å². The maximum absolute atomic E-state index is 10.0. The van der Waals surface area contributed by atoms with Gasteiger partial charge in [-0.3, -0.25) is 10.1 Å².